The molecule has 5 heteroatoms. The van der Waals surface area contributed by atoms with Crippen LogP contribution in [0.3, 0.4) is 0 Å². The minimum atomic E-state index is 0. The Morgan fingerprint density at radius 3 is 1.53 bits per heavy atom. The van der Waals surface area contributed by atoms with Gasteiger partial charge in [0.25, 0.3) is 0 Å². The smallest absolute Gasteiger partial charge is 0.377 e. The average molecular weight is 240 g/mol. The Hall–Kier alpha value is -2.04. The zero-order valence-electron chi connectivity index (χ0n) is 9.68. The number of pyridine rings is 2. The Morgan fingerprint density at radius 1 is 0.765 bits per heavy atom. The molecule has 0 radical (unpaired) electrons. The maximum Gasteiger partial charge on any atom is 0.377 e. The normalized spacial score (nSPS) is 8.82. The van der Waals surface area contributed by atoms with Crippen LogP contribution in [0.5, 0.6) is 11.8 Å². The molecule has 0 aliphatic rings. The number of rotatable bonds is 2. The highest BCUT2D eigenvalue weighted by molar-refractivity contribution is 5.11. The van der Waals surface area contributed by atoms with Crippen molar-refractivity contribution in [3.63, 3.8) is 0 Å². The van der Waals surface area contributed by atoms with Crippen LogP contribution in [0.25, 0.3) is 0 Å². The Bertz CT molecular complexity index is 434. The molecule has 0 saturated carbocycles. The second-order valence-corrected chi connectivity index (χ2v) is 3.40. The van der Waals surface area contributed by atoms with Crippen molar-refractivity contribution in [2.24, 2.45) is 14.1 Å². The van der Waals surface area contributed by atoms with Gasteiger partial charge in [0.05, 0.1) is 12.1 Å². The molecular formula is C12H14F2N2O. The molecule has 0 amide bonds. The zero-order chi connectivity index (χ0) is 10.7. The highest BCUT2D eigenvalue weighted by Gasteiger charge is 2.13. The molecule has 0 aliphatic heterocycles. The average Bonchev–Trinajstić information content (AvgIpc) is 2.24. The lowest BCUT2D eigenvalue weighted by atomic mass is 10.4. The van der Waals surface area contributed by atoms with E-state index in [1.54, 1.807) is 0 Å². The highest BCUT2D eigenvalue weighted by Crippen LogP contribution is 2.11. The van der Waals surface area contributed by atoms with Crippen molar-refractivity contribution < 1.29 is 23.3 Å². The van der Waals surface area contributed by atoms with E-state index < -0.39 is 0 Å². The molecule has 0 spiro atoms. The lowest BCUT2D eigenvalue weighted by molar-refractivity contribution is -0.695. The quantitative estimate of drug-likeness (QED) is 0.481. The summed E-state index contributed by atoms with van der Waals surface area (Å²) in [6.07, 6.45) is 3.91. The van der Waals surface area contributed by atoms with Gasteiger partial charge < -0.3 is 14.1 Å². The predicted octanol–water partition coefficient (Wildman–Crippen LogP) is -4.86. The third-order valence-corrected chi connectivity index (χ3v) is 2.22. The first kappa shape index (κ1) is 15.0. The molecule has 0 fully saturated rings. The summed E-state index contributed by atoms with van der Waals surface area (Å²) < 4.78 is 9.64. The van der Waals surface area contributed by atoms with E-state index >= 15 is 0 Å². The Morgan fingerprint density at radius 2 is 1.18 bits per heavy atom. The summed E-state index contributed by atoms with van der Waals surface area (Å²) in [5.74, 6) is 1.64. The van der Waals surface area contributed by atoms with Crippen molar-refractivity contribution in [1.29, 1.82) is 0 Å². The molecule has 2 heterocycles. The zero-order valence-corrected chi connectivity index (χ0v) is 9.68. The highest BCUT2D eigenvalue weighted by atomic mass is 19.0. The first-order chi connectivity index (χ1) is 7.27. The van der Waals surface area contributed by atoms with E-state index in [0.717, 1.165) is 11.8 Å². The SMILES string of the molecule is C[n+]1ccccc1Oc1cccc[n+]1C.[F-].[F-]. The Kier molecular flexibility index (Phi) is 5.74. The van der Waals surface area contributed by atoms with Crippen molar-refractivity contribution in [3.8, 4) is 11.8 Å². The van der Waals surface area contributed by atoms with E-state index in [2.05, 4.69) is 0 Å². The van der Waals surface area contributed by atoms with Crippen molar-refractivity contribution >= 4 is 0 Å². The third kappa shape index (κ3) is 3.48. The fourth-order valence-corrected chi connectivity index (χ4v) is 1.33. The lowest BCUT2D eigenvalue weighted by Gasteiger charge is -2.00. The largest absolute Gasteiger partial charge is 1.00 e. The molecule has 0 aliphatic carbocycles. The van der Waals surface area contributed by atoms with Crippen LogP contribution in [0.4, 0.5) is 0 Å². The summed E-state index contributed by atoms with van der Waals surface area (Å²) in [6.45, 7) is 0. The molecule has 0 saturated heterocycles. The number of hydrogen-bond donors (Lipinski definition) is 0. The fraction of sp³-hybridized carbons (Fsp3) is 0.167. The van der Waals surface area contributed by atoms with Crippen molar-refractivity contribution in [3.05, 3.63) is 48.8 Å². The van der Waals surface area contributed by atoms with Gasteiger partial charge in [-0.3, -0.25) is 0 Å². The molecule has 17 heavy (non-hydrogen) atoms. The molecule has 2 aromatic heterocycles. The monoisotopic (exact) mass is 240 g/mol. The van der Waals surface area contributed by atoms with Gasteiger partial charge in [-0.2, -0.15) is 9.13 Å². The summed E-state index contributed by atoms with van der Waals surface area (Å²) in [5.41, 5.74) is 0. The third-order valence-electron chi connectivity index (χ3n) is 2.22. The van der Waals surface area contributed by atoms with Gasteiger partial charge in [0.1, 0.15) is 14.1 Å². The van der Waals surface area contributed by atoms with Crippen molar-refractivity contribution in [1.82, 2.24) is 0 Å². The first-order valence-corrected chi connectivity index (χ1v) is 4.84. The fourth-order valence-electron chi connectivity index (χ4n) is 1.33. The molecule has 0 atom stereocenters. The van der Waals surface area contributed by atoms with Crippen LogP contribution in [0.1, 0.15) is 0 Å². The van der Waals surface area contributed by atoms with Crippen LogP contribution in [-0.4, -0.2) is 0 Å². The van der Waals surface area contributed by atoms with Crippen LogP contribution < -0.4 is 23.3 Å². The standard InChI is InChI=1S/C12H14N2O.2FH/c1-13-9-5-3-7-11(13)15-12-8-4-6-10-14(12)2;;/h3-10H,1-2H3;2*1H/q+2;;/p-2. The van der Waals surface area contributed by atoms with Gasteiger partial charge in [-0.05, 0) is 12.1 Å². The minimum Gasteiger partial charge on any atom is -1.00 e. The molecule has 0 N–H and O–H groups in total. The molecule has 0 bridgehead atoms. The molecular weight excluding hydrogens is 226 g/mol. The number of hydrogen-bond acceptors (Lipinski definition) is 1. The van der Waals surface area contributed by atoms with Crippen LogP contribution >= 0.6 is 0 Å². The van der Waals surface area contributed by atoms with Crippen LogP contribution in [0, 0.1) is 0 Å². The Labute approximate surface area is 98.6 Å². The second kappa shape index (κ2) is 6.52. The maximum atomic E-state index is 5.77. The summed E-state index contributed by atoms with van der Waals surface area (Å²) in [6, 6.07) is 11.7. The summed E-state index contributed by atoms with van der Waals surface area (Å²) in [7, 11) is 3.91. The second-order valence-electron chi connectivity index (χ2n) is 3.40. The lowest BCUT2D eigenvalue weighted by Crippen LogP contribution is -3.00. The van der Waals surface area contributed by atoms with E-state index in [1.807, 2.05) is 72.0 Å². The van der Waals surface area contributed by atoms with Gasteiger partial charge in [-0.1, -0.05) is 0 Å². The molecule has 2 aromatic rings. The van der Waals surface area contributed by atoms with E-state index in [0.29, 0.717) is 0 Å². The van der Waals surface area contributed by atoms with E-state index in [9.17, 15) is 0 Å². The van der Waals surface area contributed by atoms with Gasteiger partial charge in [-0.15, -0.1) is 0 Å². The number of aryl methyl sites for hydroxylation is 2. The van der Waals surface area contributed by atoms with Gasteiger partial charge in [0, 0.05) is 12.1 Å². The molecule has 0 unspecified atom stereocenters. The molecule has 3 nitrogen and oxygen atoms in total. The summed E-state index contributed by atoms with van der Waals surface area (Å²) in [4.78, 5) is 0. The summed E-state index contributed by atoms with van der Waals surface area (Å²) in [5, 5.41) is 0. The van der Waals surface area contributed by atoms with E-state index in [-0.39, 0.29) is 9.41 Å². The minimum absolute atomic E-state index is 0. The predicted molar refractivity (Wildman–Crippen MR) is 55.3 cm³/mol. The molecule has 0 aromatic carbocycles. The Balaban J connectivity index is 0.00000128. The van der Waals surface area contributed by atoms with Crippen LogP contribution in [-0.2, 0) is 14.1 Å². The van der Waals surface area contributed by atoms with Gasteiger partial charge in [-0.25, -0.2) is 0 Å². The number of nitrogens with zero attached hydrogens (tertiary/aromatic N) is 2. The molecule has 2 rings (SSSR count). The van der Waals surface area contributed by atoms with Gasteiger partial charge in [0.2, 0.25) is 0 Å². The number of ether oxygens (including phenoxy) is 1. The van der Waals surface area contributed by atoms with Crippen molar-refractivity contribution in [2.45, 2.75) is 0 Å². The topological polar surface area (TPSA) is 17.0 Å². The van der Waals surface area contributed by atoms with E-state index in [4.69, 9.17) is 4.74 Å². The summed E-state index contributed by atoms with van der Waals surface area (Å²) >= 11 is 0. The van der Waals surface area contributed by atoms with Crippen LogP contribution in [0.15, 0.2) is 48.8 Å². The van der Waals surface area contributed by atoms with Gasteiger partial charge >= 0.3 is 11.8 Å². The first-order valence-electron chi connectivity index (χ1n) is 4.84. The van der Waals surface area contributed by atoms with Crippen LogP contribution in [0.2, 0.25) is 0 Å². The van der Waals surface area contributed by atoms with Gasteiger partial charge in [0.15, 0.2) is 12.4 Å². The number of aromatic nitrogens is 2. The maximum absolute atomic E-state index is 5.77. The number of halogens is 2. The molecule has 92 valence electrons. The van der Waals surface area contributed by atoms with Crippen molar-refractivity contribution in [2.75, 3.05) is 0 Å². The van der Waals surface area contributed by atoms with E-state index in [1.165, 1.54) is 0 Å².